The molecule has 5 rings (SSSR count). The molecule has 3 aromatic carbocycles. The first-order valence-electron chi connectivity index (χ1n) is 12.7. The second-order valence-electron chi connectivity index (χ2n) is 9.60. The molecule has 2 aliphatic rings. The Kier molecular flexibility index (Phi) is 7.60. The van der Waals surface area contributed by atoms with Crippen LogP contribution in [0.25, 0.3) is 33.4 Å². The molecule has 8 nitrogen and oxygen atoms in total. The summed E-state index contributed by atoms with van der Waals surface area (Å²) in [4.78, 5) is 0. The Morgan fingerprint density at radius 3 is 1.00 bits per heavy atom. The third kappa shape index (κ3) is 4.03. The standard InChI is InChI=1S/C34H4F6N8/c35-29-13(5-41)1-3-17(31(29)37)23-19(11-47)25-27(21(23)15(7-43)8-44)34(40)26-20(12-48)24(18-4-2-14(6-42)30(36)32(18)38)22(16(9-45)10-46)28(26)33(25)39/h1-4H. The Morgan fingerprint density at radius 2 is 0.729 bits per heavy atom. The van der Waals surface area contributed by atoms with Crippen LogP contribution in [0.2, 0.25) is 0 Å². The highest BCUT2D eigenvalue weighted by Crippen LogP contribution is 2.57. The van der Waals surface area contributed by atoms with Crippen molar-refractivity contribution in [2.45, 2.75) is 0 Å². The van der Waals surface area contributed by atoms with E-state index in [1.54, 1.807) is 0 Å². The molecule has 0 spiro atoms. The largest absolute Gasteiger partial charge is 0.206 e. The number of hydrogen-bond donors (Lipinski definition) is 0. The molecule has 0 unspecified atom stereocenters. The van der Waals surface area contributed by atoms with Gasteiger partial charge in [0.05, 0.1) is 22.3 Å². The summed E-state index contributed by atoms with van der Waals surface area (Å²) in [7, 11) is 0. The topological polar surface area (TPSA) is 190 Å². The van der Waals surface area contributed by atoms with Crippen LogP contribution in [-0.4, -0.2) is 0 Å². The van der Waals surface area contributed by atoms with Crippen LogP contribution in [0.3, 0.4) is 0 Å². The zero-order chi connectivity index (χ0) is 35.2. The maximum Gasteiger partial charge on any atom is 0.177 e. The van der Waals surface area contributed by atoms with Gasteiger partial charge in [-0.25, -0.2) is 26.3 Å². The van der Waals surface area contributed by atoms with Gasteiger partial charge in [-0.3, -0.25) is 0 Å². The molecule has 0 N–H and O–H groups in total. The van der Waals surface area contributed by atoms with Gasteiger partial charge in [0.15, 0.2) is 23.3 Å². The van der Waals surface area contributed by atoms with Crippen molar-refractivity contribution in [1.82, 2.24) is 0 Å². The van der Waals surface area contributed by atoms with Crippen molar-refractivity contribution >= 4 is 33.4 Å². The van der Waals surface area contributed by atoms with Crippen LogP contribution in [0.4, 0.5) is 26.3 Å². The van der Waals surface area contributed by atoms with Crippen molar-refractivity contribution in [3.05, 3.63) is 115 Å². The minimum absolute atomic E-state index is 0.765. The molecule has 48 heavy (non-hydrogen) atoms. The van der Waals surface area contributed by atoms with Crippen molar-refractivity contribution in [2.75, 3.05) is 0 Å². The predicted molar refractivity (Wildman–Crippen MR) is 150 cm³/mol. The van der Waals surface area contributed by atoms with Crippen LogP contribution in [-0.2, 0) is 0 Å². The van der Waals surface area contributed by atoms with E-state index < -0.39 is 124 Å². The fourth-order valence-corrected chi connectivity index (χ4v) is 5.57. The maximum atomic E-state index is 17.0. The van der Waals surface area contributed by atoms with Gasteiger partial charge in [0, 0.05) is 55.7 Å². The lowest BCUT2D eigenvalue weighted by Crippen LogP contribution is -2.05. The van der Waals surface area contributed by atoms with Gasteiger partial charge >= 0.3 is 0 Å². The van der Waals surface area contributed by atoms with E-state index in [9.17, 15) is 40.4 Å². The molecule has 0 atom stereocenters. The molecule has 0 heterocycles. The molecular formula is C34H4F6N8. The molecule has 0 bridgehead atoms. The Labute approximate surface area is 265 Å². The minimum Gasteiger partial charge on any atom is -0.206 e. The number of nitrogens with zero attached hydrogens (tertiary/aromatic N) is 8. The first-order chi connectivity index (χ1) is 23.0. The fourth-order valence-electron chi connectivity index (χ4n) is 5.57. The van der Waals surface area contributed by atoms with E-state index in [1.165, 1.54) is 48.6 Å². The monoisotopic (exact) mass is 638 g/mol. The molecule has 0 fully saturated rings. The number of hydrogen-bond acceptors (Lipinski definition) is 8. The Bertz CT molecular complexity index is 2390. The molecule has 222 valence electrons. The summed E-state index contributed by atoms with van der Waals surface area (Å²) in [6, 6.07) is 14.5. The van der Waals surface area contributed by atoms with Gasteiger partial charge in [-0.05, 0) is 24.3 Å². The van der Waals surface area contributed by atoms with Crippen molar-refractivity contribution in [2.24, 2.45) is 0 Å². The summed E-state index contributed by atoms with van der Waals surface area (Å²) >= 11 is 0. The van der Waals surface area contributed by atoms with Crippen LogP contribution in [0.15, 0.2) is 35.4 Å². The van der Waals surface area contributed by atoms with Gasteiger partial charge in [0.1, 0.15) is 71.3 Å². The Morgan fingerprint density at radius 1 is 0.396 bits per heavy atom. The zero-order valence-corrected chi connectivity index (χ0v) is 23.2. The van der Waals surface area contributed by atoms with Gasteiger partial charge in [0.25, 0.3) is 0 Å². The number of fused-ring (bicyclic) bond motifs is 2. The molecule has 0 aromatic heterocycles. The van der Waals surface area contributed by atoms with Crippen LogP contribution < -0.4 is 0 Å². The highest BCUT2D eigenvalue weighted by atomic mass is 19.2. The zero-order valence-electron chi connectivity index (χ0n) is 23.2. The van der Waals surface area contributed by atoms with Gasteiger partial charge in [-0.1, -0.05) is 0 Å². The number of allylic oxidation sites excluding steroid dienone is 8. The van der Waals surface area contributed by atoms with Crippen molar-refractivity contribution < 1.29 is 26.3 Å². The average molecular weight is 638 g/mol. The molecule has 0 aliphatic heterocycles. The van der Waals surface area contributed by atoms with E-state index in [2.05, 4.69) is 0 Å². The fraction of sp³-hybridized carbons (Fsp3) is 0. The molecule has 0 saturated heterocycles. The lowest BCUT2D eigenvalue weighted by Gasteiger charge is -2.14. The molecule has 0 radical (unpaired) electrons. The molecule has 2 aliphatic carbocycles. The first-order valence-corrected chi connectivity index (χ1v) is 12.7. The summed E-state index contributed by atoms with van der Waals surface area (Å²) in [5.74, 6) is -10.4. The molecule has 14 heteroatoms. The number of nitriles is 8. The normalized spacial score (nSPS) is 12.4. The SMILES string of the molecule is N#CC(C#N)=C1C(c2ccc(C#N)c(F)c2F)=C(C#N)c2c(F)c3c(c(F)c21)C(C#N)=C(c1ccc(C#N)c(F)c1F)C3=C(C#N)C#N. The lowest BCUT2D eigenvalue weighted by molar-refractivity contribution is 0.504. The Balaban J connectivity index is 2.05. The predicted octanol–water partition coefficient (Wildman–Crippen LogP) is 6.76. The summed E-state index contributed by atoms with van der Waals surface area (Å²) in [6.07, 6.45) is 0. The maximum absolute atomic E-state index is 17.0. The summed E-state index contributed by atoms with van der Waals surface area (Å²) in [5, 5.41) is 77.6. The van der Waals surface area contributed by atoms with Crippen LogP contribution in [0.5, 0.6) is 0 Å². The molecular weight excluding hydrogens is 634 g/mol. The second kappa shape index (κ2) is 11.6. The van der Waals surface area contributed by atoms with E-state index in [-0.39, 0.29) is 0 Å². The minimum atomic E-state index is -1.79. The van der Waals surface area contributed by atoms with Gasteiger partial charge in [-0.15, -0.1) is 0 Å². The number of halogens is 6. The summed E-state index contributed by atoms with van der Waals surface area (Å²) in [5.41, 5.74) is -15.2. The molecule has 0 saturated carbocycles. The van der Waals surface area contributed by atoms with Crippen LogP contribution in [0, 0.1) is 126 Å². The van der Waals surface area contributed by atoms with Gasteiger partial charge in [-0.2, -0.15) is 42.1 Å². The van der Waals surface area contributed by atoms with Crippen molar-refractivity contribution in [3.63, 3.8) is 0 Å². The van der Waals surface area contributed by atoms with Crippen molar-refractivity contribution in [3.8, 4) is 48.6 Å². The quantitative estimate of drug-likeness (QED) is 0.217. The second-order valence-corrected chi connectivity index (χ2v) is 9.60. The lowest BCUT2D eigenvalue weighted by atomic mass is 9.88. The highest BCUT2D eigenvalue weighted by molar-refractivity contribution is 6.30. The van der Waals surface area contributed by atoms with Crippen molar-refractivity contribution in [1.29, 1.82) is 42.1 Å². The van der Waals surface area contributed by atoms with E-state index in [0.717, 1.165) is 24.3 Å². The third-order valence-corrected chi connectivity index (χ3v) is 7.49. The third-order valence-electron chi connectivity index (χ3n) is 7.49. The van der Waals surface area contributed by atoms with Crippen LogP contribution in [0.1, 0.15) is 44.5 Å². The average Bonchev–Trinajstić information content (AvgIpc) is 3.61. The van der Waals surface area contributed by atoms with E-state index in [4.69, 9.17) is 10.5 Å². The molecule has 0 amide bonds. The number of benzene rings is 3. The smallest absolute Gasteiger partial charge is 0.177 e. The Hall–Kier alpha value is -7.88. The van der Waals surface area contributed by atoms with Gasteiger partial charge < -0.3 is 0 Å². The summed E-state index contributed by atoms with van der Waals surface area (Å²) < 4.78 is 94.2. The number of rotatable bonds is 2. The van der Waals surface area contributed by atoms with E-state index in [1.807, 2.05) is 0 Å². The van der Waals surface area contributed by atoms with Gasteiger partial charge in [0.2, 0.25) is 0 Å². The summed E-state index contributed by atoms with van der Waals surface area (Å²) in [6.45, 7) is 0. The first kappa shape index (κ1) is 31.5. The van der Waals surface area contributed by atoms with E-state index in [0.29, 0.717) is 0 Å². The van der Waals surface area contributed by atoms with E-state index >= 15 is 17.6 Å². The molecule has 3 aromatic rings. The van der Waals surface area contributed by atoms with Crippen LogP contribution >= 0.6 is 0 Å². The highest BCUT2D eigenvalue weighted by Gasteiger charge is 2.45.